The first-order valence-electron chi connectivity index (χ1n) is 6.78. The van der Waals surface area contributed by atoms with Crippen molar-refractivity contribution in [2.24, 2.45) is 19.1 Å². The summed E-state index contributed by atoms with van der Waals surface area (Å²) in [5.41, 5.74) is -0.268. The van der Waals surface area contributed by atoms with Crippen molar-refractivity contribution in [2.45, 2.75) is 12.6 Å². The van der Waals surface area contributed by atoms with Crippen molar-refractivity contribution < 1.29 is 5.11 Å². The number of aliphatic imine (C=N–C) groups is 1. The minimum atomic E-state index is -0.754. The molecule has 9 heteroatoms. The lowest BCUT2D eigenvalue weighted by Gasteiger charge is -2.11. The maximum absolute atomic E-state index is 12.2. The van der Waals surface area contributed by atoms with Crippen molar-refractivity contribution >= 4 is 17.5 Å². The van der Waals surface area contributed by atoms with E-state index in [1.165, 1.54) is 17.9 Å². The predicted octanol–water partition coefficient (Wildman–Crippen LogP) is -1.62. The highest BCUT2D eigenvalue weighted by molar-refractivity contribution is 5.69. The number of nitrogens with zero attached hydrogens (tertiary/aromatic N) is 6. The Bertz CT molecular complexity index is 814. The van der Waals surface area contributed by atoms with E-state index in [-0.39, 0.29) is 13.1 Å². The van der Waals surface area contributed by atoms with Crippen LogP contribution >= 0.6 is 0 Å². The van der Waals surface area contributed by atoms with Crippen LogP contribution in [0.4, 0.5) is 0 Å². The van der Waals surface area contributed by atoms with Crippen molar-refractivity contribution in [3.63, 3.8) is 0 Å². The van der Waals surface area contributed by atoms with Crippen LogP contribution in [0.15, 0.2) is 20.9 Å². The zero-order valence-corrected chi connectivity index (χ0v) is 13.1. The fourth-order valence-electron chi connectivity index (χ4n) is 2.15. The second-order valence-corrected chi connectivity index (χ2v) is 5.37. The highest BCUT2D eigenvalue weighted by atomic mass is 16.3. The first kappa shape index (κ1) is 16.0. The zero-order valence-electron chi connectivity index (χ0n) is 13.1. The van der Waals surface area contributed by atoms with Crippen molar-refractivity contribution in [3.8, 4) is 0 Å². The molecule has 0 aromatic carbocycles. The molecule has 1 atom stereocenters. The first-order valence-corrected chi connectivity index (χ1v) is 6.78. The second kappa shape index (κ2) is 6.14. The summed E-state index contributed by atoms with van der Waals surface area (Å²) in [4.78, 5) is 34.0. The van der Waals surface area contributed by atoms with Gasteiger partial charge in [0.2, 0.25) is 0 Å². The molecule has 2 heterocycles. The van der Waals surface area contributed by atoms with E-state index >= 15 is 0 Å². The highest BCUT2D eigenvalue weighted by Gasteiger charge is 2.15. The molecule has 0 amide bonds. The summed E-state index contributed by atoms with van der Waals surface area (Å²) in [5, 5.41) is 10.0. The molecule has 120 valence electrons. The predicted molar refractivity (Wildman–Crippen MR) is 83.3 cm³/mol. The Morgan fingerprint density at radius 2 is 2.05 bits per heavy atom. The number of hydrogen-bond donors (Lipinski definition) is 1. The van der Waals surface area contributed by atoms with Gasteiger partial charge in [0.1, 0.15) is 0 Å². The molecule has 0 aliphatic rings. The lowest BCUT2D eigenvalue weighted by molar-refractivity contribution is 0.164. The van der Waals surface area contributed by atoms with E-state index in [1.807, 2.05) is 14.1 Å². The van der Waals surface area contributed by atoms with E-state index in [1.54, 1.807) is 22.9 Å². The van der Waals surface area contributed by atoms with Crippen LogP contribution in [0.3, 0.4) is 0 Å². The highest BCUT2D eigenvalue weighted by Crippen LogP contribution is 2.06. The maximum atomic E-state index is 12.2. The number of aromatic nitrogens is 4. The molecule has 1 N–H and O–H groups in total. The molecule has 0 aliphatic carbocycles. The normalized spacial score (nSPS) is 13.1. The van der Waals surface area contributed by atoms with Crippen molar-refractivity contribution in [2.75, 3.05) is 20.6 Å². The molecule has 0 saturated heterocycles. The molecule has 0 unspecified atom stereocenters. The molecular weight excluding hydrogens is 288 g/mol. The van der Waals surface area contributed by atoms with Crippen molar-refractivity contribution in [3.05, 3.63) is 27.2 Å². The Morgan fingerprint density at radius 1 is 1.36 bits per heavy atom. The van der Waals surface area contributed by atoms with Crippen LogP contribution in [-0.2, 0) is 20.6 Å². The summed E-state index contributed by atoms with van der Waals surface area (Å²) in [6, 6.07) is 0. The Kier molecular flexibility index (Phi) is 4.45. The van der Waals surface area contributed by atoms with Gasteiger partial charge < -0.3 is 14.6 Å². The summed E-state index contributed by atoms with van der Waals surface area (Å²) >= 11 is 0. The molecule has 9 nitrogen and oxygen atoms in total. The summed E-state index contributed by atoms with van der Waals surface area (Å²) in [7, 11) is 6.64. The summed E-state index contributed by atoms with van der Waals surface area (Å²) < 4.78 is 3.88. The van der Waals surface area contributed by atoms with E-state index in [2.05, 4.69) is 9.98 Å². The largest absolute Gasteiger partial charge is 0.389 e. The van der Waals surface area contributed by atoms with Crippen LogP contribution in [0.25, 0.3) is 11.2 Å². The summed E-state index contributed by atoms with van der Waals surface area (Å²) in [6.07, 6.45) is 2.30. The number of aryl methyl sites for hydroxylation is 1. The average molecular weight is 308 g/mol. The summed E-state index contributed by atoms with van der Waals surface area (Å²) in [6.45, 7) is 0.388. The Morgan fingerprint density at radius 3 is 2.68 bits per heavy atom. The molecule has 0 spiro atoms. The third kappa shape index (κ3) is 2.93. The Labute approximate surface area is 126 Å². The fourth-order valence-corrected chi connectivity index (χ4v) is 2.15. The van der Waals surface area contributed by atoms with Gasteiger partial charge in [0.25, 0.3) is 5.56 Å². The van der Waals surface area contributed by atoms with Gasteiger partial charge >= 0.3 is 5.69 Å². The topological polar surface area (TPSA) is 97.7 Å². The minimum absolute atomic E-state index is 0.175. The monoisotopic (exact) mass is 308 g/mol. The number of aliphatic hydroxyl groups excluding tert-OH is 1. The Balaban J connectivity index is 2.34. The minimum Gasteiger partial charge on any atom is -0.389 e. The van der Waals surface area contributed by atoms with Gasteiger partial charge in [-0.2, -0.15) is 0 Å². The third-order valence-electron chi connectivity index (χ3n) is 3.25. The van der Waals surface area contributed by atoms with E-state index in [0.717, 1.165) is 4.57 Å². The quantitative estimate of drug-likeness (QED) is 0.529. The lowest BCUT2D eigenvalue weighted by Crippen LogP contribution is -2.38. The maximum Gasteiger partial charge on any atom is 0.332 e. The molecule has 0 aliphatic heterocycles. The van der Waals surface area contributed by atoms with Crippen LogP contribution in [-0.4, -0.2) is 61.8 Å². The number of rotatable bonds is 5. The van der Waals surface area contributed by atoms with Gasteiger partial charge in [-0.3, -0.25) is 18.9 Å². The van der Waals surface area contributed by atoms with Gasteiger partial charge in [-0.1, -0.05) is 0 Å². The van der Waals surface area contributed by atoms with E-state index in [0.29, 0.717) is 11.2 Å². The third-order valence-corrected chi connectivity index (χ3v) is 3.25. The van der Waals surface area contributed by atoms with Gasteiger partial charge in [-0.25, -0.2) is 9.78 Å². The zero-order chi connectivity index (χ0) is 16.4. The standard InChI is InChI=1S/C13H20N6O3/c1-16(2)7-14-5-9(20)6-19-8-15-11-10(19)12(21)18(4)13(22)17(11)3/h7-9,20H,5-6H2,1-4H3/t9-/m1/s1. The fraction of sp³-hybridized carbons (Fsp3) is 0.538. The molecule has 0 radical (unpaired) electrons. The van der Waals surface area contributed by atoms with E-state index in [4.69, 9.17) is 0 Å². The number of imidazole rings is 1. The molecule has 22 heavy (non-hydrogen) atoms. The SMILES string of the molecule is CN(C)C=NC[C@@H](O)Cn1cnc2c1c(=O)n(C)c(=O)n2C. The second-order valence-electron chi connectivity index (χ2n) is 5.37. The molecule has 2 rings (SSSR count). The van der Waals surface area contributed by atoms with Crippen molar-refractivity contribution in [1.29, 1.82) is 0 Å². The van der Waals surface area contributed by atoms with Gasteiger partial charge in [0.15, 0.2) is 11.2 Å². The van der Waals surface area contributed by atoms with Gasteiger partial charge in [-0.15, -0.1) is 0 Å². The molecule has 2 aromatic rings. The van der Waals surface area contributed by atoms with E-state index in [9.17, 15) is 14.7 Å². The van der Waals surface area contributed by atoms with Crippen LogP contribution in [0.1, 0.15) is 0 Å². The number of hydrogen-bond acceptors (Lipinski definition) is 5. The molecule has 0 saturated carbocycles. The first-order chi connectivity index (χ1) is 10.3. The van der Waals surface area contributed by atoms with Gasteiger partial charge in [-0.05, 0) is 0 Å². The Hall–Kier alpha value is -2.42. The molecule has 0 fully saturated rings. The average Bonchev–Trinajstić information content (AvgIpc) is 2.86. The van der Waals surface area contributed by atoms with Crippen LogP contribution in [0.2, 0.25) is 0 Å². The number of fused-ring (bicyclic) bond motifs is 1. The lowest BCUT2D eigenvalue weighted by atomic mass is 10.3. The number of aliphatic hydroxyl groups is 1. The van der Waals surface area contributed by atoms with Crippen LogP contribution in [0.5, 0.6) is 0 Å². The van der Waals surface area contributed by atoms with Gasteiger partial charge in [0.05, 0.1) is 31.9 Å². The molecular formula is C13H20N6O3. The smallest absolute Gasteiger partial charge is 0.332 e. The van der Waals surface area contributed by atoms with Crippen molar-refractivity contribution in [1.82, 2.24) is 23.6 Å². The molecule has 2 aromatic heterocycles. The molecule has 0 bridgehead atoms. The van der Waals surface area contributed by atoms with Crippen LogP contribution in [0, 0.1) is 0 Å². The summed E-state index contributed by atoms with van der Waals surface area (Å²) in [5.74, 6) is 0. The van der Waals surface area contributed by atoms with E-state index < -0.39 is 17.4 Å². The van der Waals surface area contributed by atoms with Crippen LogP contribution < -0.4 is 11.2 Å². The van der Waals surface area contributed by atoms with Gasteiger partial charge in [0, 0.05) is 28.2 Å².